The van der Waals surface area contributed by atoms with Crippen LogP contribution in [0.25, 0.3) is 0 Å². The molecule has 0 radical (unpaired) electrons. The van der Waals surface area contributed by atoms with Crippen LogP contribution in [0.2, 0.25) is 0 Å². The molecular formula is C29H30FN5O2S. The Morgan fingerprint density at radius 1 is 1.21 bits per heavy atom. The van der Waals surface area contributed by atoms with Crippen LogP contribution < -0.4 is 4.90 Å². The molecule has 1 fully saturated rings. The summed E-state index contributed by atoms with van der Waals surface area (Å²) < 4.78 is 14.4. The monoisotopic (exact) mass is 531 g/mol. The number of carbonyl (C=O) groups excluding carboxylic acids is 1. The quantitative estimate of drug-likeness (QED) is 0.443. The molecule has 0 bridgehead atoms. The minimum Gasteiger partial charge on any atom is -0.494 e. The van der Waals surface area contributed by atoms with Crippen LogP contribution in [0.5, 0.6) is 0 Å². The minimum absolute atomic E-state index is 0.0378. The van der Waals surface area contributed by atoms with Crippen molar-refractivity contribution in [3.63, 3.8) is 0 Å². The Labute approximate surface area is 225 Å². The smallest absolute Gasteiger partial charge is 0.261 e. The molecular weight excluding hydrogens is 501 g/mol. The van der Waals surface area contributed by atoms with Crippen LogP contribution in [0.1, 0.15) is 53.7 Å². The molecule has 1 aromatic carbocycles. The predicted octanol–water partition coefficient (Wildman–Crippen LogP) is 5.68. The number of amides is 1. The number of benzene rings is 1. The van der Waals surface area contributed by atoms with Crippen LogP contribution in [0, 0.1) is 12.7 Å². The second kappa shape index (κ2) is 10.5. The third kappa shape index (κ3) is 4.51. The van der Waals surface area contributed by atoms with Crippen molar-refractivity contribution < 1.29 is 14.3 Å². The van der Waals surface area contributed by atoms with Crippen LogP contribution in [0.4, 0.5) is 10.1 Å². The van der Waals surface area contributed by atoms with Gasteiger partial charge in [0.15, 0.2) is 5.84 Å². The number of aliphatic hydroxyl groups excluding tert-OH is 1. The van der Waals surface area contributed by atoms with Crippen molar-refractivity contribution in [2.24, 2.45) is 4.99 Å². The van der Waals surface area contributed by atoms with E-state index in [-0.39, 0.29) is 34.8 Å². The van der Waals surface area contributed by atoms with Gasteiger partial charge in [-0.15, -0.1) is 11.3 Å². The lowest BCUT2D eigenvalue weighted by Crippen LogP contribution is -2.40. The van der Waals surface area contributed by atoms with Crippen molar-refractivity contribution in [1.29, 1.82) is 0 Å². The van der Waals surface area contributed by atoms with Gasteiger partial charge in [0.1, 0.15) is 17.1 Å². The molecule has 5 rings (SSSR count). The molecule has 0 aliphatic carbocycles. The average molecular weight is 532 g/mol. The molecule has 38 heavy (non-hydrogen) atoms. The van der Waals surface area contributed by atoms with Gasteiger partial charge < -0.3 is 10.0 Å². The summed E-state index contributed by atoms with van der Waals surface area (Å²) in [5.74, 6) is -0.781. The molecule has 0 spiro atoms. The normalized spacial score (nSPS) is 17.8. The van der Waals surface area contributed by atoms with Gasteiger partial charge in [0.25, 0.3) is 5.91 Å². The zero-order valence-corrected chi connectivity index (χ0v) is 22.6. The number of aryl methyl sites for hydroxylation is 3. The number of aliphatic imine (C=N–C) groups is 1. The first-order valence-corrected chi connectivity index (χ1v) is 13.7. The van der Waals surface area contributed by atoms with Gasteiger partial charge >= 0.3 is 0 Å². The molecule has 7 nitrogen and oxygen atoms in total. The Hall–Kier alpha value is -3.85. The highest BCUT2D eigenvalue weighted by Crippen LogP contribution is 2.37. The maximum Gasteiger partial charge on any atom is 0.261 e. The number of para-hydroxylation sites is 1. The Morgan fingerprint density at radius 3 is 2.58 bits per heavy atom. The van der Waals surface area contributed by atoms with Crippen LogP contribution in [-0.4, -0.2) is 44.8 Å². The Morgan fingerprint density at radius 2 is 1.95 bits per heavy atom. The van der Waals surface area contributed by atoms with E-state index < -0.39 is 0 Å². The van der Waals surface area contributed by atoms with E-state index in [0.29, 0.717) is 36.7 Å². The van der Waals surface area contributed by atoms with E-state index in [1.165, 1.54) is 17.4 Å². The van der Waals surface area contributed by atoms with Crippen molar-refractivity contribution in [3.05, 3.63) is 99.0 Å². The summed E-state index contributed by atoms with van der Waals surface area (Å²) >= 11 is 1.49. The Kier molecular flexibility index (Phi) is 7.12. The lowest BCUT2D eigenvalue weighted by atomic mass is 10.00. The zero-order chi connectivity index (χ0) is 27.0. The first-order chi connectivity index (χ1) is 18.3. The summed E-state index contributed by atoms with van der Waals surface area (Å²) in [6.07, 6.45) is 3.59. The van der Waals surface area contributed by atoms with Gasteiger partial charge in [0.2, 0.25) is 5.88 Å². The summed E-state index contributed by atoms with van der Waals surface area (Å²) in [7, 11) is 0. The zero-order valence-electron chi connectivity index (χ0n) is 21.7. The average Bonchev–Trinajstić information content (AvgIpc) is 3.58. The third-order valence-corrected chi connectivity index (χ3v) is 7.85. The Bertz CT molecular complexity index is 1450. The minimum atomic E-state index is -0.388. The SMILES string of the molecule is C=C1N=C(c2csc(C)n2)N(c2c(CC)cccc2CC)C(O)=C1C(=O)N1CCC(c2ncccc2F)C1. The maximum atomic E-state index is 14.4. The largest absolute Gasteiger partial charge is 0.494 e. The topological polar surface area (TPSA) is 81.9 Å². The van der Waals surface area contributed by atoms with Gasteiger partial charge in [-0.2, -0.15) is 0 Å². The highest BCUT2D eigenvalue weighted by Gasteiger charge is 2.39. The van der Waals surface area contributed by atoms with Crippen LogP contribution >= 0.6 is 11.3 Å². The summed E-state index contributed by atoms with van der Waals surface area (Å²) in [6.45, 7) is 10.8. The van der Waals surface area contributed by atoms with E-state index in [1.807, 2.05) is 30.5 Å². The van der Waals surface area contributed by atoms with Crippen molar-refractivity contribution in [1.82, 2.24) is 14.9 Å². The summed E-state index contributed by atoms with van der Waals surface area (Å²) in [4.78, 5) is 30.7. The van der Waals surface area contributed by atoms with Gasteiger partial charge in [-0.3, -0.25) is 14.7 Å². The molecule has 1 saturated heterocycles. The second-order valence-electron chi connectivity index (χ2n) is 9.41. The molecule has 2 aliphatic heterocycles. The van der Waals surface area contributed by atoms with E-state index in [0.717, 1.165) is 34.7 Å². The van der Waals surface area contributed by atoms with E-state index in [9.17, 15) is 14.3 Å². The molecule has 2 aromatic heterocycles. The number of hydrogen-bond acceptors (Lipinski definition) is 7. The molecule has 0 saturated carbocycles. The number of thiazole rings is 1. The standard InChI is InChI=1S/C29H30FN5O2S/c1-5-19-9-7-10-20(6-2)26(19)35-27(23-16-38-18(4)33-23)32-17(3)24(29(35)37)28(36)34-14-12-21(15-34)25-22(30)11-8-13-31-25/h7-11,13,16,21,37H,3,5-6,12,14-15H2,1-2,4H3. The number of anilines is 1. The highest BCUT2D eigenvalue weighted by molar-refractivity contribution is 7.09. The molecule has 1 unspecified atom stereocenters. The third-order valence-electron chi connectivity index (χ3n) is 7.08. The van der Waals surface area contributed by atoms with Crippen molar-refractivity contribution in [2.45, 2.75) is 46.0 Å². The van der Waals surface area contributed by atoms with Crippen LogP contribution in [0.3, 0.4) is 0 Å². The van der Waals surface area contributed by atoms with E-state index in [2.05, 4.69) is 30.4 Å². The van der Waals surface area contributed by atoms with Crippen molar-refractivity contribution in [3.8, 4) is 0 Å². The number of pyridine rings is 1. The summed E-state index contributed by atoms with van der Waals surface area (Å²) in [6, 6.07) is 8.97. The van der Waals surface area contributed by atoms with Gasteiger partial charge in [-0.1, -0.05) is 38.6 Å². The lowest BCUT2D eigenvalue weighted by Gasteiger charge is -2.33. The predicted molar refractivity (Wildman–Crippen MR) is 148 cm³/mol. The molecule has 4 heterocycles. The Balaban J connectivity index is 1.58. The number of aliphatic hydroxyl groups is 1. The van der Waals surface area contributed by atoms with Crippen LogP contribution in [0.15, 0.2) is 70.6 Å². The number of halogens is 1. The van der Waals surface area contributed by atoms with Gasteiger partial charge in [-0.25, -0.2) is 14.4 Å². The first kappa shape index (κ1) is 25.8. The summed E-state index contributed by atoms with van der Waals surface area (Å²) in [5, 5.41) is 14.6. The number of hydrogen-bond donors (Lipinski definition) is 1. The molecule has 1 N–H and O–H groups in total. The van der Waals surface area contributed by atoms with Gasteiger partial charge in [0.05, 0.1) is 22.1 Å². The van der Waals surface area contributed by atoms with Crippen molar-refractivity contribution >= 4 is 28.8 Å². The van der Waals surface area contributed by atoms with Crippen LogP contribution in [-0.2, 0) is 17.6 Å². The molecule has 196 valence electrons. The van der Waals surface area contributed by atoms with E-state index in [1.54, 1.807) is 22.1 Å². The van der Waals surface area contributed by atoms with E-state index in [4.69, 9.17) is 4.99 Å². The number of likely N-dealkylation sites (tertiary alicyclic amines) is 1. The number of nitrogens with zero attached hydrogens (tertiary/aromatic N) is 5. The fraction of sp³-hybridized carbons (Fsp3) is 0.310. The molecule has 9 heteroatoms. The summed E-state index contributed by atoms with van der Waals surface area (Å²) in [5.41, 5.74) is 4.00. The molecule has 1 amide bonds. The maximum absolute atomic E-state index is 14.4. The fourth-order valence-electron chi connectivity index (χ4n) is 5.17. The van der Waals surface area contributed by atoms with Crippen molar-refractivity contribution in [2.75, 3.05) is 18.0 Å². The second-order valence-corrected chi connectivity index (χ2v) is 10.5. The first-order valence-electron chi connectivity index (χ1n) is 12.8. The number of amidine groups is 1. The molecule has 1 atom stereocenters. The van der Waals surface area contributed by atoms with Gasteiger partial charge in [-0.05, 0) is 49.4 Å². The fourth-order valence-corrected chi connectivity index (χ4v) is 5.76. The lowest BCUT2D eigenvalue weighted by molar-refractivity contribution is -0.126. The van der Waals surface area contributed by atoms with E-state index >= 15 is 0 Å². The number of aromatic nitrogens is 2. The van der Waals surface area contributed by atoms with Gasteiger partial charge in [0, 0.05) is 30.6 Å². The molecule has 2 aliphatic rings. The molecule has 3 aromatic rings. The number of rotatable bonds is 6. The highest BCUT2D eigenvalue weighted by atomic mass is 32.1. The number of carbonyl (C=O) groups is 1.